The fourth-order valence-corrected chi connectivity index (χ4v) is 3.90. The number of carbonyl (C=O) groups is 2. The van der Waals surface area contributed by atoms with Crippen LogP contribution in [0.4, 0.5) is 14.9 Å². The third-order valence-corrected chi connectivity index (χ3v) is 5.46. The van der Waals surface area contributed by atoms with Crippen LogP contribution in [0.5, 0.6) is 0 Å². The quantitative estimate of drug-likeness (QED) is 0.308. The summed E-state index contributed by atoms with van der Waals surface area (Å²) in [6.45, 7) is 0.409. The number of nitrogens with one attached hydrogen (secondary N) is 1. The standard InChI is InChI=1S/C26H21FN2O4/c27-23-14-24(28)21(25(30)31)13-16(23)7-5-6-12-29-26(32)33-15-22-19-10-3-1-8-17(19)18-9-2-4-11-20(18)22/h1-4,8-11,13-14,22H,6,12,15,28H2,(H,29,32)(H,30,31). The van der Waals surface area contributed by atoms with E-state index in [0.717, 1.165) is 34.4 Å². The molecule has 33 heavy (non-hydrogen) atoms. The van der Waals surface area contributed by atoms with Crippen molar-refractivity contribution in [2.75, 3.05) is 18.9 Å². The number of anilines is 1. The largest absolute Gasteiger partial charge is 0.478 e. The smallest absolute Gasteiger partial charge is 0.407 e. The molecule has 0 aromatic heterocycles. The minimum absolute atomic E-state index is 0.0279. The van der Waals surface area contributed by atoms with Crippen molar-refractivity contribution in [1.29, 1.82) is 0 Å². The maximum atomic E-state index is 13.9. The molecule has 4 rings (SSSR count). The topological polar surface area (TPSA) is 102 Å². The molecule has 0 fully saturated rings. The minimum atomic E-state index is -1.26. The van der Waals surface area contributed by atoms with E-state index in [-0.39, 0.29) is 42.3 Å². The Morgan fingerprint density at radius 1 is 1.06 bits per heavy atom. The predicted octanol–water partition coefficient (Wildman–Crippen LogP) is 4.39. The highest BCUT2D eigenvalue weighted by atomic mass is 19.1. The van der Waals surface area contributed by atoms with E-state index >= 15 is 0 Å². The van der Waals surface area contributed by atoms with Gasteiger partial charge in [0.1, 0.15) is 12.4 Å². The van der Waals surface area contributed by atoms with Crippen LogP contribution in [0.2, 0.25) is 0 Å². The van der Waals surface area contributed by atoms with Gasteiger partial charge in [0.2, 0.25) is 0 Å². The molecule has 1 amide bonds. The molecule has 3 aromatic carbocycles. The van der Waals surface area contributed by atoms with E-state index in [2.05, 4.69) is 29.3 Å². The molecule has 1 aliphatic rings. The molecular formula is C26H21FN2O4. The van der Waals surface area contributed by atoms with Gasteiger partial charge in [-0.2, -0.15) is 0 Å². The van der Waals surface area contributed by atoms with E-state index in [4.69, 9.17) is 15.6 Å². The second kappa shape index (κ2) is 9.45. The Hall–Kier alpha value is -4.31. The van der Waals surface area contributed by atoms with Crippen LogP contribution in [0.3, 0.4) is 0 Å². The molecule has 0 heterocycles. The lowest BCUT2D eigenvalue weighted by atomic mass is 9.98. The van der Waals surface area contributed by atoms with Gasteiger partial charge in [-0.25, -0.2) is 14.0 Å². The number of hydrogen-bond acceptors (Lipinski definition) is 4. The van der Waals surface area contributed by atoms with Crippen LogP contribution in [-0.2, 0) is 4.74 Å². The number of halogens is 1. The fraction of sp³-hybridized carbons (Fsp3) is 0.154. The van der Waals surface area contributed by atoms with E-state index in [1.807, 2.05) is 36.4 Å². The molecule has 0 spiro atoms. The van der Waals surface area contributed by atoms with Crippen LogP contribution in [0.25, 0.3) is 11.1 Å². The molecule has 0 saturated heterocycles. The first-order valence-corrected chi connectivity index (χ1v) is 10.4. The van der Waals surface area contributed by atoms with E-state index in [1.54, 1.807) is 0 Å². The van der Waals surface area contributed by atoms with E-state index < -0.39 is 17.9 Å². The number of alkyl carbamates (subject to hydrolysis) is 1. The van der Waals surface area contributed by atoms with Gasteiger partial charge < -0.3 is 20.9 Å². The van der Waals surface area contributed by atoms with Crippen molar-refractivity contribution in [3.05, 3.63) is 88.7 Å². The molecule has 0 unspecified atom stereocenters. The lowest BCUT2D eigenvalue weighted by molar-refractivity contribution is 0.0698. The molecule has 166 valence electrons. The maximum Gasteiger partial charge on any atom is 0.407 e. The average molecular weight is 444 g/mol. The number of carboxylic acids is 1. The first kappa shape index (κ1) is 21.9. The van der Waals surface area contributed by atoms with Gasteiger partial charge in [0.05, 0.1) is 11.1 Å². The number of rotatable bonds is 5. The minimum Gasteiger partial charge on any atom is -0.478 e. The number of carbonyl (C=O) groups excluding carboxylic acids is 1. The number of carboxylic acid groups (broad SMARTS) is 1. The van der Waals surface area contributed by atoms with Crippen molar-refractivity contribution in [1.82, 2.24) is 5.32 Å². The molecule has 3 aromatic rings. The summed E-state index contributed by atoms with van der Waals surface area (Å²) in [5.74, 6) is 3.30. The van der Waals surface area contributed by atoms with Gasteiger partial charge in [0.25, 0.3) is 0 Å². The van der Waals surface area contributed by atoms with E-state index in [1.165, 1.54) is 0 Å². The van der Waals surface area contributed by atoms with Crippen LogP contribution in [0.1, 0.15) is 39.4 Å². The van der Waals surface area contributed by atoms with Crippen molar-refractivity contribution in [3.63, 3.8) is 0 Å². The molecule has 4 N–H and O–H groups in total. The van der Waals surface area contributed by atoms with Crippen LogP contribution < -0.4 is 11.1 Å². The third-order valence-electron chi connectivity index (χ3n) is 5.46. The van der Waals surface area contributed by atoms with Gasteiger partial charge >= 0.3 is 12.1 Å². The van der Waals surface area contributed by atoms with Crippen LogP contribution in [-0.4, -0.2) is 30.3 Å². The average Bonchev–Trinajstić information content (AvgIpc) is 3.12. The Balaban J connectivity index is 1.31. The van der Waals surface area contributed by atoms with Crippen LogP contribution in [0, 0.1) is 17.7 Å². The van der Waals surface area contributed by atoms with E-state index in [0.29, 0.717) is 0 Å². The summed E-state index contributed by atoms with van der Waals surface area (Å²) in [4.78, 5) is 23.3. The van der Waals surface area contributed by atoms with Crippen molar-refractivity contribution < 1.29 is 23.8 Å². The first-order valence-electron chi connectivity index (χ1n) is 10.4. The Morgan fingerprint density at radius 2 is 1.70 bits per heavy atom. The van der Waals surface area contributed by atoms with Gasteiger partial charge in [-0.05, 0) is 34.4 Å². The Kier molecular flexibility index (Phi) is 6.27. The lowest BCUT2D eigenvalue weighted by Gasteiger charge is -2.14. The van der Waals surface area contributed by atoms with Gasteiger partial charge in [0.15, 0.2) is 0 Å². The van der Waals surface area contributed by atoms with Crippen molar-refractivity contribution in [2.45, 2.75) is 12.3 Å². The second-order valence-corrected chi connectivity index (χ2v) is 7.53. The fourth-order valence-electron chi connectivity index (χ4n) is 3.90. The number of amides is 1. The number of nitrogen functional groups attached to an aromatic ring is 1. The van der Waals surface area contributed by atoms with Crippen LogP contribution >= 0.6 is 0 Å². The summed E-state index contributed by atoms with van der Waals surface area (Å²) >= 11 is 0. The highest BCUT2D eigenvalue weighted by Crippen LogP contribution is 2.44. The second-order valence-electron chi connectivity index (χ2n) is 7.53. The highest BCUT2D eigenvalue weighted by molar-refractivity contribution is 5.94. The Labute approximate surface area is 190 Å². The Bertz CT molecular complexity index is 1250. The van der Waals surface area contributed by atoms with Crippen molar-refractivity contribution >= 4 is 17.7 Å². The lowest BCUT2D eigenvalue weighted by Crippen LogP contribution is -2.26. The van der Waals surface area contributed by atoms with Crippen molar-refractivity contribution in [2.24, 2.45) is 0 Å². The number of hydrogen-bond donors (Lipinski definition) is 3. The van der Waals surface area contributed by atoms with Gasteiger partial charge in [-0.1, -0.05) is 60.4 Å². The number of ether oxygens (including phenoxy) is 1. The molecule has 1 aliphatic carbocycles. The van der Waals surface area contributed by atoms with Gasteiger partial charge in [-0.15, -0.1) is 0 Å². The molecule has 0 radical (unpaired) electrons. The van der Waals surface area contributed by atoms with Crippen LogP contribution in [0.15, 0.2) is 60.7 Å². The molecule has 0 saturated carbocycles. The molecular weight excluding hydrogens is 423 g/mol. The monoisotopic (exact) mass is 444 g/mol. The summed E-state index contributed by atoms with van der Waals surface area (Å²) in [6.07, 6.45) is -0.332. The summed E-state index contributed by atoms with van der Waals surface area (Å²) in [5, 5.41) is 11.7. The summed E-state index contributed by atoms with van der Waals surface area (Å²) < 4.78 is 19.4. The third kappa shape index (κ3) is 4.65. The SMILES string of the molecule is Nc1cc(F)c(C#CCCNC(=O)OCC2c3ccccc3-c3ccccc32)cc1C(=O)O. The zero-order valence-corrected chi connectivity index (χ0v) is 17.6. The molecule has 0 atom stereocenters. The number of nitrogens with two attached hydrogens (primary N) is 1. The Morgan fingerprint density at radius 3 is 2.33 bits per heavy atom. The normalized spacial score (nSPS) is 11.7. The molecule has 0 bridgehead atoms. The van der Waals surface area contributed by atoms with Gasteiger partial charge in [0, 0.05) is 24.6 Å². The zero-order valence-electron chi connectivity index (χ0n) is 17.6. The first-order chi connectivity index (χ1) is 16.0. The predicted molar refractivity (Wildman–Crippen MR) is 122 cm³/mol. The zero-order chi connectivity index (χ0) is 23.4. The van der Waals surface area contributed by atoms with Crippen molar-refractivity contribution in [3.8, 4) is 23.0 Å². The summed E-state index contributed by atoms with van der Waals surface area (Å²) in [5.41, 5.74) is 9.61. The summed E-state index contributed by atoms with van der Waals surface area (Å²) in [6, 6.07) is 18.2. The number of benzene rings is 3. The van der Waals surface area contributed by atoms with E-state index in [9.17, 15) is 14.0 Å². The molecule has 0 aliphatic heterocycles. The van der Waals surface area contributed by atoms with Gasteiger partial charge in [-0.3, -0.25) is 0 Å². The summed E-state index contributed by atoms with van der Waals surface area (Å²) in [7, 11) is 0. The molecule has 7 heteroatoms. The highest BCUT2D eigenvalue weighted by Gasteiger charge is 2.28. The molecule has 6 nitrogen and oxygen atoms in total. The maximum absolute atomic E-state index is 13.9. The number of fused-ring (bicyclic) bond motifs is 3. The number of aromatic carboxylic acids is 1.